The fourth-order valence-corrected chi connectivity index (χ4v) is 7.91. The van der Waals surface area contributed by atoms with Gasteiger partial charge in [-0.1, -0.05) is 212 Å². The van der Waals surface area contributed by atoms with E-state index in [9.17, 15) is 14.3 Å². The number of unbranched alkanes of at least 4 members (excludes halogenated alkanes) is 31. The second kappa shape index (κ2) is 42.9. The molecule has 0 fully saturated rings. The summed E-state index contributed by atoms with van der Waals surface area (Å²) in [7, 11) is 1.37. The standard InChI is InChI=1S/C49H98NO7P/c1-6-8-10-12-14-16-18-20-21-22-23-24-25-26-27-28-29-30-31-32-34-36-38-40-42-49(51)57-48(47-56-58(52,53)55-45-43-50(3,4)5)46-54-44-41-39-37-35-33-19-17-15-13-11-9-7-2/h13,15,48H,6-12,14,16-47H2,1-5H3/b15-13-. The van der Waals surface area contributed by atoms with Gasteiger partial charge in [-0.2, -0.15) is 0 Å². The van der Waals surface area contributed by atoms with Crippen LogP contribution in [-0.4, -0.2) is 70.7 Å². The van der Waals surface area contributed by atoms with Crippen molar-refractivity contribution >= 4 is 13.8 Å². The summed E-state index contributed by atoms with van der Waals surface area (Å²) in [6.45, 7) is 5.41. The number of likely N-dealkylation sites (N-methyl/N-ethyl adjacent to an activating group) is 1. The van der Waals surface area contributed by atoms with Crippen LogP contribution in [0.25, 0.3) is 0 Å². The largest absolute Gasteiger partial charge is 0.756 e. The van der Waals surface area contributed by atoms with Crippen LogP contribution in [0.4, 0.5) is 0 Å². The number of allylic oxidation sites excluding steroid dienone is 2. The first kappa shape index (κ1) is 57.2. The van der Waals surface area contributed by atoms with Gasteiger partial charge in [0, 0.05) is 13.0 Å². The van der Waals surface area contributed by atoms with E-state index < -0.39 is 13.9 Å². The van der Waals surface area contributed by atoms with Gasteiger partial charge >= 0.3 is 5.97 Å². The van der Waals surface area contributed by atoms with Crippen LogP contribution in [0.1, 0.15) is 239 Å². The maximum Gasteiger partial charge on any atom is 0.306 e. The average molecular weight is 844 g/mol. The molecule has 0 aromatic heterocycles. The normalized spacial score (nSPS) is 13.7. The van der Waals surface area contributed by atoms with Gasteiger partial charge in [0.25, 0.3) is 7.82 Å². The predicted molar refractivity (Wildman–Crippen MR) is 245 cm³/mol. The summed E-state index contributed by atoms with van der Waals surface area (Å²) in [6.07, 6.45) is 48.1. The lowest BCUT2D eigenvalue weighted by Gasteiger charge is -2.28. The molecule has 0 saturated carbocycles. The minimum Gasteiger partial charge on any atom is -0.756 e. The number of carbonyl (C=O) groups is 1. The molecule has 0 radical (unpaired) electrons. The van der Waals surface area contributed by atoms with Crippen LogP contribution in [0.5, 0.6) is 0 Å². The lowest BCUT2D eigenvalue weighted by molar-refractivity contribution is -0.870. The van der Waals surface area contributed by atoms with Gasteiger partial charge in [-0.3, -0.25) is 9.36 Å². The van der Waals surface area contributed by atoms with Crippen molar-refractivity contribution in [2.75, 3.05) is 54.1 Å². The van der Waals surface area contributed by atoms with Crippen LogP contribution in [0.15, 0.2) is 12.2 Å². The third-order valence-electron chi connectivity index (χ3n) is 11.1. The molecule has 346 valence electrons. The van der Waals surface area contributed by atoms with Crippen molar-refractivity contribution in [3.8, 4) is 0 Å². The first-order valence-corrected chi connectivity index (χ1v) is 26.4. The van der Waals surface area contributed by atoms with E-state index in [0.29, 0.717) is 24.1 Å². The average Bonchev–Trinajstić information content (AvgIpc) is 3.18. The molecule has 0 spiro atoms. The predicted octanol–water partition coefficient (Wildman–Crippen LogP) is 14.4. The molecule has 2 unspecified atom stereocenters. The Kier molecular flexibility index (Phi) is 42.3. The van der Waals surface area contributed by atoms with Crippen molar-refractivity contribution in [1.29, 1.82) is 0 Å². The zero-order chi connectivity index (χ0) is 42.7. The molecule has 2 atom stereocenters. The highest BCUT2D eigenvalue weighted by Crippen LogP contribution is 2.38. The summed E-state index contributed by atoms with van der Waals surface area (Å²) in [5.41, 5.74) is 0. The minimum absolute atomic E-state index is 0.0282. The number of phosphoric ester groups is 1. The first-order valence-electron chi connectivity index (χ1n) is 24.9. The molecule has 58 heavy (non-hydrogen) atoms. The Bertz CT molecular complexity index is 940. The van der Waals surface area contributed by atoms with Gasteiger partial charge < -0.3 is 27.9 Å². The van der Waals surface area contributed by atoms with Gasteiger partial charge in [-0.05, 0) is 32.1 Å². The first-order chi connectivity index (χ1) is 28.1. The summed E-state index contributed by atoms with van der Waals surface area (Å²) in [5, 5.41) is 0. The number of phosphoric acid groups is 1. The summed E-state index contributed by atoms with van der Waals surface area (Å²) in [6, 6.07) is 0. The quantitative estimate of drug-likeness (QED) is 0.0198. The lowest BCUT2D eigenvalue weighted by Crippen LogP contribution is -2.37. The summed E-state index contributed by atoms with van der Waals surface area (Å²) in [5.74, 6) is -0.331. The molecule has 9 heteroatoms. The Hall–Kier alpha value is -0.760. The number of rotatable bonds is 47. The molecule has 0 aromatic carbocycles. The Balaban J connectivity index is 4.02. The second-order valence-corrected chi connectivity index (χ2v) is 19.6. The van der Waals surface area contributed by atoms with Crippen LogP contribution >= 0.6 is 7.82 Å². The summed E-state index contributed by atoms with van der Waals surface area (Å²) >= 11 is 0. The Morgan fingerprint density at radius 3 is 1.36 bits per heavy atom. The fraction of sp³-hybridized carbons (Fsp3) is 0.939. The molecule has 0 aliphatic carbocycles. The highest BCUT2D eigenvalue weighted by molar-refractivity contribution is 7.45. The third-order valence-corrected chi connectivity index (χ3v) is 12.0. The molecule has 8 nitrogen and oxygen atoms in total. The highest BCUT2D eigenvalue weighted by Gasteiger charge is 2.20. The summed E-state index contributed by atoms with van der Waals surface area (Å²) < 4.78 is 34.6. The molecule has 0 rings (SSSR count). The van der Waals surface area contributed by atoms with Gasteiger partial charge in [-0.25, -0.2) is 0 Å². The lowest BCUT2D eigenvalue weighted by atomic mass is 10.0. The Morgan fingerprint density at radius 1 is 0.517 bits per heavy atom. The molecule has 0 bridgehead atoms. The van der Waals surface area contributed by atoms with Crippen molar-refractivity contribution in [3.63, 3.8) is 0 Å². The van der Waals surface area contributed by atoms with E-state index in [1.165, 1.54) is 186 Å². The van der Waals surface area contributed by atoms with Crippen molar-refractivity contribution in [1.82, 2.24) is 0 Å². The van der Waals surface area contributed by atoms with Crippen LogP contribution in [0.3, 0.4) is 0 Å². The number of nitrogens with zero attached hydrogens (tertiary/aromatic N) is 1. The molecule has 0 aromatic rings. The molecule has 0 heterocycles. The van der Waals surface area contributed by atoms with Crippen LogP contribution in [0.2, 0.25) is 0 Å². The van der Waals surface area contributed by atoms with E-state index in [1.54, 1.807) is 0 Å². The van der Waals surface area contributed by atoms with Crippen molar-refractivity contribution in [3.05, 3.63) is 12.2 Å². The Labute approximate surface area is 360 Å². The minimum atomic E-state index is -4.52. The van der Waals surface area contributed by atoms with Crippen LogP contribution < -0.4 is 4.89 Å². The van der Waals surface area contributed by atoms with Crippen molar-refractivity contribution in [2.45, 2.75) is 245 Å². The van der Waals surface area contributed by atoms with Crippen LogP contribution in [-0.2, 0) is 27.9 Å². The second-order valence-electron chi connectivity index (χ2n) is 18.2. The van der Waals surface area contributed by atoms with E-state index in [0.717, 1.165) is 32.1 Å². The topological polar surface area (TPSA) is 94.1 Å². The number of carbonyl (C=O) groups excluding carboxylic acids is 1. The van der Waals surface area contributed by atoms with E-state index in [2.05, 4.69) is 26.0 Å². The smallest absolute Gasteiger partial charge is 0.306 e. The SMILES string of the molecule is CCCC/C=C\CCCCCCCCOCC(COP(=O)([O-])OCC[N+](C)(C)C)OC(=O)CCCCCCCCCCCCCCCCCCCCCCCCCC. The van der Waals surface area contributed by atoms with E-state index in [1.807, 2.05) is 21.1 Å². The van der Waals surface area contributed by atoms with E-state index in [-0.39, 0.29) is 25.8 Å². The number of hydrogen-bond donors (Lipinski definition) is 0. The van der Waals surface area contributed by atoms with Gasteiger partial charge in [-0.15, -0.1) is 0 Å². The van der Waals surface area contributed by atoms with E-state index in [4.69, 9.17) is 18.5 Å². The number of hydrogen-bond acceptors (Lipinski definition) is 7. The number of ether oxygens (including phenoxy) is 2. The van der Waals surface area contributed by atoms with Crippen molar-refractivity contribution < 1.29 is 37.3 Å². The van der Waals surface area contributed by atoms with E-state index >= 15 is 0 Å². The molecular formula is C49H98NO7P. The molecule has 0 N–H and O–H groups in total. The summed E-state index contributed by atoms with van der Waals surface area (Å²) in [4.78, 5) is 25.1. The van der Waals surface area contributed by atoms with Crippen molar-refractivity contribution in [2.24, 2.45) is 0 Å². The molecule has 0 amide bonds. The van der Waals surface area contributed by atoms with Crippen LogP contribution in [0, 0.1) is 0 Å². The number of quaternary nitrogens is 1. The zero-order valence-corrected chi connectivity index (χ0v) is 40.2. The molecular weight excluding hydrogens is 746 g/mol. The Morgan fingerprint density at radius 2 is 0.914 bits per heavy atom. The molecule has 0 aliphatic rings. The van der Waals surface area contributed by atoms with Gasteiger partial charge in [0.1, 0.15) is 19.3 Å². The molecule has 0 saturated heterocycles. The van der Waals surface area contributed by atoms with Gasteiger partial charge in [0.15, 0.2) is 0 Å². The zero-order valence-electron chi connectivity index (χ0n) is 39.3. The number of esters is 1. The maximum absolute atomic E-state index is 12.7. The van der Waals surface area contributed by atoms with Gasteiger partial charge in [0.2, 0.25) is 0 Å². The highest BCUT2D eigenvalue weighted by atomic mass is 31.2. The third kappa shape index (κ3) is 46.3. The molecule has 0 aliphatic heterocycles. The van der Waals surface area contributed by atoms with Gasteiger partial charge in [0.05, 0.1) is 34.4 Å². The monoisotopic (exact) mass is 844 g/mol. The maximum atomic E-state index is 12.7. The fourth-order valence-electron chi connectivity index (χ4n) is 7.18.